The summed E-state index contributed by atoms with van der Waals surface area (Å²) in [6.07, 6.45) is -0.746. The van der Waals surface area contributed by atoms with Crippen LogP contribution in [0.25, 0.3) is 11.0 Å². The molecular formula is C15H16O5. The highest BCUT2D eigenvalue weighted by atomic mass is 16.5. The van der Waals surface area contributed by atoms with Crippen molar-refractivity contribution in [2.45, 2.75) is 13.0 Å². The van der Waals surface area contributed by atoms with Crippen molar-refractivity contribution >= 4 is 11.0 Å². The van der Waals surface area contributed by atoms with E-state index in [-0.39, 0.29) is 6.61 Å². The van der Waals surface area contributed by atoms with Crippen molar-refractivity contribution in [3.05, 3.63) is 46.8 Å². The Hall–Kier alpha value is -2.27. The van der Waals surface area contributed by atoms with E-state index >= 15 is 0 Å². The van der Waals surface area contributed by atoms with Gasteiger partial charge in [-0.3, -0.25) is 0 Å². The third-order valence-corrected chi connectivity index (χ3v) is 2.87. The number of hydrogen-bond donors (Lipinski definition) is 1. The maximum absolute atomic E-state index is 11.2. The van der Waals surface area contributed by atoms with E-state index in [4.69, 9.17) is 13.9 Å². The SMILES string of the molecule is C=C(C)[C@H](O)COc1cc2ccc(=O)oc2cc1OC. The quantitative estimate of drug-likeness (QED) is 0.669. The van der Waals surface area contributed by atoms with Gasteiger partial charge < -0.3 is 19.0 Å². The molecule has 1 heterocycles. The third-order valence-electron chi connectivity index (χ3n) is 2.87. The molecule has 5 heteroatoms. The van der Waals surface area contributed by atoms with Crippen molar-refractivity contribution in [2.75, 3.05) is 13.7 Å². The van der Waals surface area contributed by atoms with Crippen LogP contribution in [0.3, 0.4) is 0 Å². The molecule has 2 aromatic rings. The predicted octanol–water partition coefficient (Wildman–Crippen LogP) is 2.12. The Bertz CT molecular complexity index is 686. The minimum absolute atomic E-state index is 0.0774. The van der Waals surface area contributed by atoms with Gasteiger partial charge >= 0.3 is 5.63 Å². The number of aliphatic hydroxyl groups is 1. The number of fused-ring (bicyclic) bond motifs is 1. The molecule has 0 aliphatic carbocycles. The molecule has 0 aliphatic heterocycles. The molecule has 0 fully saturated rings. The number of benzene rings is 1. The molecule has 1 aromatic heterocycles. The zero-order valence-electron chi connectivity index (χ0n) is 11.4. The van der Waals surface area contributed by atoms with Gasteiger partial charge in [-0.15, -0.1) is 0 Å². The summed E-state index contributed by atoms with van der Waals surface area (Å²) in [5.74, 6) is 0.898. The standard InChI is InChI=1S/C15H16O5/c1-9(2)11(16)8-19-14-6-10-4-5-15(17)20-12(10)7-13(14)18-3/h4-7,11,16H,1,8H2,2-3H3/t11-/m1/s1. The maximum atomic E-state index is 11.2. The van der Waals surface area contributed by atoms with Crippen LogP contribution in [0.1, 0.15) is 6.92 Å². The zero-order valence-corrected chi connectivity index (χ0v) is 11.4. The average Bonchev–Trinajstić information content (AvgIpc) is 2.43. The van der Waals surface area contributed by atoms with Gasteiger partial charge in [-0.25, -0.2) is 4.79 Å². The molecular weight excluding hydrogens is 260 g/mol. The summed E-state index contributed by atoms with van der Waals surface area (Å²) in [5.41, 5.74) is 0.615. The first kappa shape index (κ1) is 14.1. The second-order valence-electron chi connectivity index (χ2n) is 4.47. The van der Waals surface area contributed by atoms with E-state index in [1.165, 1.54) is 13.2 Å². The van der Waals surface area contributed by atoms with Crippen LogP contribution in [-0.2, 0) is 0 Å². The van der Waals surface area contributed by atoms with Crippen LogP contribution in [0.15, 0.2) is 45.6 Å². The van der Waals surface area contributed by atoms with E-state index < -0.39 is 11.7 Å². The van der Waals surface area contributed by atoms with Crippen LogP contribution in [0.5, 0.6) is 11.5 Å². The summed E-state index contributed by atoms with van der Waals surface area (Å²) in [6.45, 7) is 5.46. The lowest BCUT2D eigenvalue weighted by Crippen LogP contribution is -2.18. The summed E-state index contributed by atoms with van der Waals surface area (Å²) < 4.78 is 15.8. The van der Waals surface area contributed by atoms with Crippen LogP contribution in [0.4, 0.5) is 0 Å². The van der Waals surface area contributed by atoms with Gasteiger partial charge in [0.05, 0.1) is 7.11 Å². The van der Waals surface area contributed by atoms with Crippen LogP contribution in [0.2, 0.25) is 0 Å². The molecule has 20 heavy (non-hydrogen) atoms. The van der Waals surface area contributed by atoms with Crippen LogP contribution in [-0.4, -0.2) is 24.9 Å². The minimum atomic E-state index is -0.746. The predicted molar refractivity (Wildman–Crippen MR) is 75.4 cm³/mol. The Morgan fingerprint density at radius 3 is 2.80 bits per heavy atom. The van der Waals surface area contributed by atoms with Crippen LogP contribution in [0, 0.1) is 0 Å². The Morgan fingerprint density at radius 1 is 1.40 bits per heavy atom. The van der Waals surface area contributed by atoms with Crippen molar-refractivity contribution < 1.29 is 19.0 Å². The lowest BCUT2D eigenvalue weighted by Gasteiger charge is -2.14. The molecule has 0 amide bonds. The number of ether oxygens (including phenoxy) is 2. The Labute approximate surface area is 116 Å². The molecule has 1 N–H and O–H groups in total. The van der Waals surface area contributed by atoms with Crippen LogP contribution < -0.4 is 15.1 Å². The lowest BCUT2D eigenvalue weighted by atomic mass is 10.2. The molecule has 1 aromatic carbocycles. The van der Waals surface area contributed by atoms with Crippen molar-refractivity contribution in [1.29, 1.82) is 0 Å². The maximum Gasteiger partial charge on any atom is 0.336 e. The highest BCUT2D eigenvalue weighted by Crippen LogP contribution is 2.32. The van der Waals surface area contributed by atoms with E-state index in [9.17, 15) is 9.90 Å². The topological polar surface area (TPSA) is 68.9 Å². The fraction of sp³-hybridized carbons (Fsp3) is 0.267. The van der Waals surface area contributed by atoms with Crippen molar-refractivity contribution in [3.63, 3.8) is 0 Å². The van der Waals surface area contributed by atoms with Gasteiger partial charge in [0.1, 0.15) is 18.3 Å². The Morgan fingerprint density at radius 2 is 2.15 bits per heavy atom. The smallest absolute Gasteiger partial charge is 0.336 e. The monoisotopic (exact) mass is 276 g/mol. The molecule has 0 radical (unpaired) electrons. The third kappa shape index (κ3) is 3.00. The van der Waals surface area contributed by atoms with E-state index in [0.29, 0.717) is 28.0 Å². The number of aliphatic hydroxyl groups excluding tert-OH is 1. The Kier molecular flexibility index (Phi) is 4.10. The molecule has 2 rings (SSSR count). The van der Waals surface area contributed by atoms with E-state index in [1.807, 2.05) is 0 Å². The molecule has 106 valence electrons. The van der Waals surface area contributed by atoms with Gasteiger partial charge in [-0.05, 0) is 24.6 Å². The van der Waals surface area contributed by atoms with Gasteiger partial charge in [0, 0.05) is 17.5 Å². The lowest BCUT2D eigenvalue weighted by molar-refractivity contribution is 0.133. The van der Waals surface area contributed by atoms with Crippen molar-refractivity contribution in [3.8, 4) is 11.5 Å². The molecule has 5 nitrogen and oxygen atoms in total. The minimum Gasteiger partial charge on any atom is -0.493 e. The number of hydrogen-bond acceptors (Lipinski definition) is 5. The average molecular weight is 276 g/mol. The second-order valence-corrected chi connectivity index (χ2v) is 4.47. The fourth-order valence-corrected chi connectivity index (χ4v) is 1.66. The number of methoxy groups -OCH3 is 1. The molecule has 0 spiro atoms. The largest absolute Gasteiger partial charge is 0.493 e. The van der Waals surface area contributed by atoms with Gasteiger partial charge in [-0.1, -0.05) is 6.58 Å². The fourth-order valence-electron chi connectivity index (χ4n) is 1.66. The first-order valence-electron chi connectivity index (χ1n) is 6.09. The zero-order chi connectivity index (χ0) is 14.7. The highest BCUT2D eigenvalue weighted by molar-refractivity contribution is 5.80. The first-order valence-corrected chi connectivity index (χ1v) is 6.09. The summed E-state index contributed by atoms with van der Waals surface area (Å²) >= 11 is 0. The van der Waals surface area contributed by atoms with Gasteiger partial charge in [0.25, 0.3) is 0 Å². The summed E-state index contributed by atoms with van der Waals surface area (Å²) in [5, 5.41) is 10.4. The first-order chi connectivity index (χ1) is 9.51. The second kappa shape index (κ2) is 5.79. The molecule has 0 unspecified atom stereocenters. The molecule has 0 bridgehead atoms. The van der Waals surface area contributed by atoms with E-state index in [0.717, 1.165) is 0 Å². The number of rotatable bonds is 5. The summed E-state index contributed by atoms with van der Waals surface area (Å²) in [6, 6.07) is 6.26. The molecule has 0 saturated heterocycles. The van der Waals surface area contributed by atoms with E-state index in [1.54, 1.807) is 25.1 Å². The van der Waals surface area contributed by atoms with Crippen molar-refractivity contribution in [1.82, 2.24) is 0 Å². The van der Waals surface area contributed by atoms with Gasteiger partial charge in [-0.2, -0.15) is 0 Å². The molecule has 1 atom stereocenters. The molecule has 0 saturated carbocycles. The normalized spacial score (nSPS) is 12.2. The van der Waals surface area contributed by atoms with E-state index in [2.05, 4.69) is 6.58 Å². The van der Waals surface area contributed by atoms with Gasteiger partial charge in [0.2, 0.25) is 0 Å². The van der Waals surface area contributed by atoms with Crippen molar-refractivity contribution in [2.24, 2.45) is 0 Å². The van der Waals surface area contributed by atoms with Crippen LogP contribution >= 0.6 is 0 Å². The van der Waals surface area contributed by atoms with Gasteiger partial charge in [0.15, 0.2) is 11.5 Å². The molecule has 0 aliphatic rings. The summed E-state index contributed by atoms with van der Waals surface area (Å²) in [4.78, 5) is 11.2. The summed E-state index contributed by atoms with van der Waals surface area (Å²) in [7, 11) is 1.49. The highest BCUT2D eigenvalue weighted by Gasteiger charge is 2.11. The Balaban J connectivity index is 2.34.